The number of aliphatic carboxylic acids is 1. The Labute approximate surface area is 106 Å². The molecule has 0 bridgehead atoms. The first-order valence-electron chi connectivity index (χ1n) is 5.86. The average molecular weight is 244 g/mol. The molecule has 1 N–H and O–H groups in total. The molecule has 0 atom stereocenters. The number of carbonyl (C=O) groups is 1. The summed E-state index contributed by atoms with van der Waals surface area (Å²) in [7, 11) is 0. The summed E-state index contributed by atoms with van der Waals surface area (Å²) >= 11 is 0. The smallest absolute Gasteiger partial charge is 0.307 e. The van der Waals surface area contributed by atoms with Crippen molar-refractivity contribution >= 4 is 16.7 Å². The first-order chi connectivity index (χ1) is 8.48. The lowest BCUT2D eigenvalue weighted by Gasteiger charge is -2.25. The Morgan fingerprint density at radius 3 is 2.56 bits per heavy atom. The van der Waals surface area contributed by atoms with Crippen molar-refractivity contribution in [2.75, 3.05) is 0 Å². The van der Waals surface area contributed by atoms with Gasteiger partial charge in [0.05, 0.1) is 6.42 Å². The number of rotatable bonds is 4. The molecule has 0 heterocycles. The third kappa shape index (κ3) is 2.80. The molecule has 3 heteroatoms. The van der Waals surface area contributed by atoms with Gasteiger partial charge in [0.25, 0.3) is 0 Å². The van der Waals surface area contributed by atoms with Gasteiger partial charge in [0.2, 0.25) is 0 Å². The zero-order chi connectivity index (χ0) is 13.2. The maximum Gasteiger partial charge on any atom is 0.307 e. The van der Waals surface area contributed by atoms with Crippen LogP contribution in [-0.2, 0) is 4.79 Å². The van der Waals surface area contributed by atoms with Crippen LogP contribution in [0.4, 0.5) is 0 Å². The predicted octanol–water partition coefficient (Wildman–Crippen LogP) is 3.47. The summed E-state index contributed by atoms with van der Waals surface area (Å²) in [6, 6.07) is 13.7. The second-order valence-electron chi connectivity index (χ2n) is 4.91. The highest BCUT2D eigenvalue weighted by molar-refractivity contribution is 5.88. The quantitative estimate of drug-likeness (QED) is 0.895. The molecule has 2 aromatic carbocycles. The number of ether oxygens (including phenoxy) is 1. The zero-order valence-corrected chi connectivity index (χ0v) is 10.5. The molecule has 0 radical (unpaired) electrons. The molecule has 0 aliphatic heterocycles. The fraction of sp³-hybridized carbons (Fsp3) is 0.267. The summed E-state index contributed by atoms with van der Waals surface area (Å²) in [5.41, 5.74) is -0.726. The lowest BCUT2D eigenvalue weighted by Crippen LogP contribution is -2.31. The first-order valence-corrected chi connectivity index (χ1v) is 5.86. The second kappa shape index (κ2) is 4.69. The van der Waals surface area contributed by atoms with E-state index in [0.717, 1.165) is 16.5 Å². The van der Waals surface area contributed by atoms with Crippen LogP contribution in [0.15, 0.2) is 42.5 Å². The molecular formula is C15H16O3. The van der Waals surface area contributed by atoms with Gasteiger partial charge in [0.1, 0.15) is 11.4 Å². The van der Waals surface area contributed by atoms with E-state index < -0.39 is 11.6 Å². The van der Waals surface area contributed by atoms with Crippen molar-refractivity contribution in [3.63, 3.8) is 0 Å². The summed E-state index contributed by atoms with van der Waals surface area (Å²) in [6.45, 7) is 3.56. The van der Waals surface area contributed by atoms with Gasteiger partial charge in [0.15, 0.2) is 0 Å². The van der Waals surface area contributed by atoms with Crippen molar-refractivity contribution in [1.82, 2.24) is 0 Å². The fourth-order valence-electron chi connectivity index (χ4n) is 1.98. The Balaban J connectivity index is 2.34. The van der Waals surface area contributed by atoms with E-state index in [1.54, 1.807) is 13.8 Å². The molecule has 0 unspecified atom stereocenters. The normalized spacial score (nSPS) is 11.4. The van der Waals surface area contributed by atoms with E-state index in [9.17, 15) is 4.79 Å². The van der Waals surface area contributed by atoms with Crippen LogP contribution in [-0.4, -0.2) is 16.7 Å². The minimum atomic E-state index is -0.861. The van der Waals surface area contributed by atoms with Crippen LogP contribution in [0.5, 0.6) is 5.75 Å². The molecular weight excluding hydrogens is 228 g/mol. The van der Waals surface area contributed by atoms with E-state index >= 15 is 0 Å². The topological polar surface area (TPSA) is 46.5 Å². The fourth-order valence-corrected chi connectivity index (χ4v) is 1.98. The third-order valence-electron chi connectivity index (χ3n) is 2.71. The lowest BCUT2D eigenvalue weighted by molar-refractivity contribution is -0.140. The van der Waals surface area contributed by atoms with Crippen molar-refractivity contribution in [3.8, 4) is 5.75 Å². The number of carboxylic acid groups (broad SMARTS) is 1. The maximum atomic E-state index is 10.8. The van der Waals surface area contributed by atoms with Crippen molar-refractivity contribution < 1.29 is 14.6 Å². The van der Waals surface area contributed by atoms with Gasteiger partial charge in [0, 0.05) is 5.39 Å². The van der Waals surface area contributed by atoms with Crippen LogP contribution < -0.4 is 4.74 Å². The van der Waals surface area contributed by atoms with E-state index in [1.807, 2.05) is 42.5 Å². The number of benzene rings is 2. The highest BCUT2D eigenvalue weighted by Crippen LogP contribution is 2.29. The Kier molecular flexibility index (Phi) is 3.24. The molecule has 0 aliphatic carbocycles. The van der Waals surface area contributed by atoms with Crippen molar-refractivity contribution in [1.29, 1.82) is 0 Å². The SMILES string of the molecule is CC(C)(CC(=O)O)Oc1cccc2ccccc12. The van der Waals surface area contributed by atoms with E-state index in [0.29, 0.717) is 0 Å². The molecule has 0 spiro atoms. The predicted molar refractivity (Wildman–Crippen MR) is 70.9 cm³/mol. The molecule has 0 aliphatic rings. The van der Waals surface area contributed by atoms with E-state index in [-0.39, 0.29) is 6.42 Å². The first kappa shape index (κ1) is 12.4. The number of hydrogen-bond acceptors (Lipinski definition) is 2. The van der Waals surface area contributed by atoms with Crippen molar-refractivity contribution in [2.45, 2.75) is 25.9 Å². The molecule has 0 amide bonds. The van der Waals surface area contributed by atoms with Crippen molar-refractivity contribution in [2.24, 2.45) is 0 Å². The Morgan fingerprint density at radius 2 is 1.83 bits per heavy atom. The molecule has 0 fully saturated rings. The molecule has 0 saturated carbocycles. The van der Waals surface area contributed by atoms with E-state index in [4.69, 9.17) is 9.84 Å². The summed E-state index contributed by atoms with van der Waals surface area (Å²) in [6.07, 6.45) is -0.0315. The summed E-state index contributed by atoms with van der Waals surface area (Å²) in [5, 5.41) is 10.9. The summed E-state index contributed by atoms with van der Waals surface area (Å²) in [4.78, 5) is 10.8. The van der Waals surface area contributed by atoms with Gasteiger partial charge in [-0.1, -0.05) is 36.4 Å². The van der Waals surface area contributed by atoms with Gasteiger partial charge in [-0.2, -0.15) is 0 Å². The van der Waals surface area contributed by atoms with Crippen LogP contribution in [0.2, 0.25) is 0 Å². The second-order valence-corrected chi connectivity index (χ2v) is 4.91. The standard InChI is InChI=1S/C15H16O3/c1-15(2,10-14(16)17)18-13-9-5-7-11-6-3-4-8-12(11)13/h3-9H,10H2,1-2H3,(H,16,17). The molecule has 0 saturated heterocycles. The minimum Gasteiger partial charge on any atom is -0.487 e. The summed E-state index contributed by atoms with van der Waals surface area (Å²) in [5.74, 6) is -0.139. The molecule has 0 aromatic heterocycles. The largest absolute Gasteiger partial charge is 0.487 e. The Morgan fingerprint density at radius 1 is 1.17 bits per heavy atom. The van der Waals surface area contributed by atoms with Gasteiger partial charge in [-0.3, -0.25) is 4.79 Å². The van der Waals surface area contributed by atoms with E-state index in [1.165, 1.54) is 0 Å². The Hall–Kier alpha value is -2.03. The third-order valence-corrected chi connectivity index (χ3v) is 2.71. The number of carboxylic acids is 1. The van der Waals surface area contributed by atoms with Crippen LogP contribution in [0.1, 0.15) is 20.3 Å². The average Bonchev–Trinajstić information content (AvgIpc) is 2.27. The van der Waals surface area contributed by atoms with Crippen LogP contribution in [0.25, 0.3) is 10.8 Å². The molecule has 3 nitrogen and oxygen atoms in total. The lowest BCUT2D eigenvalue weighted by atomic mass is 10.0. The molecule has 2 aromatic rings. The van der Waals surface area contributed by atoms with Gasteiger partial charge in [-0.15, -0.1) is 0 Å². The monoisotopic (exact) mass is 244 g/mol. The van der Waals surface area contributed by atoms with E-state index in [2.05, 4.69) is 0 Å². The zero-order valence-electron chi connectivity index (χ0n) is 10.5. The highest BCUT2D eigenvalue weighted by Gasteiger charge is 2.24. The minimum absolute atomic E-state index is 0.0315. The van der Waals surface area contributed by atoms with Crippen molar-refractivity contribution in [3.05, 3.63) is 42.5 Å². The number of hydrogen-bond donors (Lipinski definition) is 1. The van der Waals surface area contributed by atoms with Crippen LogP contribution >= 0.6 is 0 Å². The number of fused-ring (bicyclic) bond motifs is 1. The maximum absolute atomic E-state index is 10.8. The molecule has 18 heavy (non-hydrogen) atoms. The highest BCUT2D eigenvalue weighted by atomic mass is 16.5. The van der Waals surface area contributed by atoms with Crippen LogP contribution in [0, 0.1) is 0 Å². The van der Waals surface area contributed by atoms with Crippen LogP contribution in [0.3, 0.4) is 0 Å². The van der Waals surface area contributed by atoms with Gasteiger partial charge >= 0.3 is 5.97 Å². The Bertz CT molecular complexity index is 567. The molecule has 94 valence electrons. The van der Waals surface area contributed by atoms with Gasteiger partial charge in [-0.05, 0) is 25.3 Å². The molecule has 2 rings (SSSR count). The van der Waals surface area contributed by atoms with Gasteiger partial charge in [-0.25, -0.2) is 0 Å². The van der Waals surface area contributed by atoms with Gasteiger partial charge < -0.3 is 9.84 Å². The summed E-state index contributed by atoms with van der Waals surface area (Å²) < 4.78 is 5.85.